The SMILES string of the molecule is CCC(NC(=O)NCCC(C)O)c1cccc([N+](=O)[O-])c1. The van der Waals surface area contributed by atoms with Crippen LogP contribution in [0.2, 0.25) is 0 Å². The minimum absolute atomic E-state index is 0.00210. The molecule has 0 bridgehead atoms. The number of hydrogen-bond acceptors (Lipinski definition) is 4. The van der Waals surface area contributed by atoms with Gasteiger partial charge in [0.25, 0.3) is 5.69 Å². The Morgan fingerprint density at radius 3 is 2.76 bits per heavy atom. The third-order valence-electron chi connectivity index (χ3n) is 3.04. The summed E-state index contributed by atoms with van der Waals surface area (Å²) in [5.74, 6) is 0. The zero-order valence-electron chi connectivity index (χ0n) is 12.2. The van der Waals surface area contributed by atoms with Crippen LogP contribution in [0, 0.1) is 10.1 Å². The standard InChI is InChI=1S/C14H21N3O4/c1-3-13(16-14(19)15-8-7-10(2)18)11-5-4-6-12(9-11)17(20)21/h4-6,9-10,13,18H,3,7-8H2,1-2H3,(H2,15,16,19). The first kappa shape index (κ1) is 16.9. The van der Waals surface area contributed by atoms with Crippen molar-refractivity contribution in [1.82, 2.24) is 10.6 Å². The number of rotatable bonds is 7. The summed E-state index contributed by atoms with van der Waals surface area (Å²) >= 11 is 0. The average molecular weight is 295 g/mol. The maximum Gasteiger partial charge on any atom is 0.315 e. The molecule has 2 unspecified atom stereocenters. The van der Waals surface area contributed by atoms with Crippen LogP contribution >= 0.6 is 0 Å². The van der Waals surface area contributed by atoms with Gasteiger partial charge in [-0.25, -0.2) is 4.79 Å². The Hall–Kier alpha value is -2.15. The highest BCUT2D eigenvalue weighted by molar-refractivity contribution is 5.74. The van der Waals surface area contributed by atoms with Gasteiger partial charge in [-0.05, 0) is 25.3 Å². The van der Waals surface area contributed by atoms with Crippen LogP contribution in [-0.2, 0) is 0 Å². The van der Waals surface area contributed by atoms with Gasteiger partial charge >= 0.3 is 6.03 Å². The van der Waals surface area contributed by atoms with Gasteiger partial charge in [-0.2, -0.15) is 0 Å². The molecule has 0 saturated heterocycles. The van der Waals surface area contributed by atoms with E-state index in [1.54, 1.807) is 19.1 Å². The quantitative estimate of drug-likeness (QED) is 0.529. The smallest absolute Gasteiger partial charge is 0.315 e. The average Bonchev–Trinajstić information content (AvgIpc) is 2.44. The lowest BCUT2D eigenvalue weighted by molar-refractivity contribution is -0.384. The van der Waals surface area contributed by atoms with Crippen LogP contribution in [-0.4, -0.2) is 28.7 Å². The fraction of sp³-hybridized carbons (Fsp3) is 0.500. The molecule has 0 heterocycles. The van der Waals surface area contributed by atoms with Crippen LogP contribution in [0.3, 0.4) is 0 Å². The molecule has 0 fully saturated rings. The summed E-state index contributed by atoms with van der Waals surface area (Å²) in [5, 5.41) is 25.3. The van der Waals surface area contributed by atoms with E-state index in [0.717, 1.165) is 0 Å². The lowest BCUT2D eigenvalue weighted by atomic mass is 10.0. The molecule has 7 nitrogen and oxygen atoms in total. The second-order valence-electron chi connectivity index (χ2n) is 4.85. The molecule has 0 aromatic heterocycles. The van der Waals surface area contributed by atoms with Crippen LogP contribution < -0.4 is 10.6 Å². The first-order valence-corrected chi connectivity index (χ1v) is 6.90. The summed E-state index contributed by atoms with van der Waals surface area (Å²) in [6.45, 7) is 3.91. The molecule has 1 aromatic carbocycles. The number of benzene rings is 1. The van der Waals surface area contributed by atoms with Gasteiger partial charge in [0.15, 0.2) is 0 Å². The van der Waals surface area contributed by atoms with Crippen molar-refractivity contribution in [1.29, 1.82) is 0 Å². The molecule has 0 spiro atoms. The first-order chi connectivity index (χ1) is 9.93. The molecule has 2 amide bonds. The molecule has 1 aromatic rings. The largest absolute Gasteiger partial charge is 0.393 e. The van der Waals surface area contributed by atoms with Gasteiger partial charge in [0.1, 0.15) is 0 Å². The molecular weight excluding hydrogens is 274 g/mol. The fourth-order valence-electron chi connectivity index (χ4n) is 1.88. The van der Waals surface area contributed by atoms with Crippen LogP contribution in [0.1, 0.15) is 38.3 Å². The van der Waals surface area contributed by atoms with Crippen molar-refractivity contribution in [2.24, 2.45) is 0 Å². The van der Waals surface area contributed by atoms with Crippen molar-refractivity contribution in [3.63, 3.8) is 0 Å². The van der Waals surface area contributed by atoms with E-state index in [9.17, 15) is 14.9 Å². The predicted octanol–water partition coefficient (Wildman–Crippen LogP) is 2.12. The Labute approximate surface area is 123 Å². The lowest BCUT2D eigenvalue weighted by Gasteiger charge is -2.18. The van der Waals surface area contributed by atoms with Gasteiger partial charge < -0.3 is 15.7 Å². The number of nitrogens with one attached hydrogen (secondary N) is 2. The fourth-order valence-corrected chi connectivity index (χ4v) is 1.88. The van der Waals surface area contributed by atoms with E-state index in [1.807, 2.05) is 6.92 Å². The summed E-state index contributed by atoms with van der Waals surface area (Å²) in [6.07, 6.45) is 0.621. The first-order valence-electron chi connectivity index (χ1n) is 6.90. The van der Waals surface area contributed by atoms with Gasteiger partial charge in [0.05, 0.1) is 17.1 Å². The number of nitro benzene ring substituents is 1. The summed E-state index contributed by atoms with van der Waals surface area (Å²) in [4.78, 5) is 22.1. The Morgan fingerprint density at radius 1 is 1.48 bits per heavy atom. The Bertz CT molecular complexity index is 491. The molecule has 0 radical (unpaired) electrons. The number of aliphatic hydroxyl groups excluding tert-OH is 1. The number of nitro groups is 1. The van der Waals surface area contributed by atoms with Crippen molar-refractivity contribution < 1.29 is 14.8 Å². The minimum atomic E-state index is -0.468. The molecule has 0 aliphatic heterocycles. The molecule has 3 N–H and O–H groups in total. The van der Waals surface area contributed by atoms with Crippen molar-refractivity contribution >= 4 is 11.7 Å². The van der Waals surface area contributed by atoms with E-state index in [2.05, 4.69) is 10.6 Å². The van der Waals surface area contributed by atoms with Crippen LogP contribution in [0.5, 0.6) is 0 Å². The van der Waals surface area contributed by atoms with E-state index in [1.165, 1.54) is 12.1 Å². The van der Waals surface area contributed by atoms with Crippen molar-refractivity contribution in [2.75, 3.05) is 6.54 Å². The van der Waals surface area contributed by atoms with Crippen LogP contribution in [0.25, 0.3) is 0 Å². The van der Waals surface area contributed by atoms with E-state index >= 15 is 0 Å². The monoisotopic (exact) mass is 295 g/mol. The van der Waals surface area contributed by atoms with Crippen molar-refractivity contribution in [2.45, 2.75) is 38.8 Å². The topological polar surface area (TPSA) is 104 Å². The molecule has 0 aliphatic rings. The molecule has 0 saturated carbocycles. The third-order valence-corrected chi connectivity index (χ3v) is 3.04. The number of aliphatic hydroxyl groups is 1. The number of carbonyl (C=O) groups excluding carboxylic acids is 1. The van der Waals surface area contributed by atoms with E-state index in [0.29, 0.717) is 24.9 Å². The van der Waals surface area contributed by atoms with Gasteiger partial charge in [-0.3, -0.25) is 10.1 Å². The van der Waals surface area contributed by atoms with E-state index < -0.39 is 11.0 Å². The van der Waals surface area contributed by atoms with Crippen molar-refractivity contribution in [3.05, 3.63) is 39.9 Å². The Morgan fingerprint density at radius 2 is 2.19 bits per heavy atom. The number of hydrogen-bond donors (Lipinski definition) is 3. The zero-order chi connectivity index (χ0) is 15.8. The number of non-ortho nitro benzene ring substituents is 1. The molecule has 116 valence electrons. The minimum Gasteiger partial charge on any atom is -0.393 e. The number of nitrogens with zero attached hydrogens (tertiary/aromatic N) is 1. The highest BCUT2D eigenvalue weighted by Gasteiger charge is 2.15. The second kappa shape index (κ2) is 8.21. The molecule has 1 rings (SSSR count). The maximum absolute atomic E-state index is 11.7. The van der Waals surface area contributed by atoms with Crippen LogP contribution in [0.4, 0.5) is 10.5 Å². The van der Waals surface area contributed by atoms with Gasteiger partial charge in [-0.1, -0.05) is 19.1 Å². The highest BCUT2D eigenvalue weighted by atomic mass is 16.6. The molecule has 0 aliphatic carbocycles. The maximum atomic E-state index is 11.7. The summed E-state index contributed by atoms with van der Waals surface area (Å²) in [5.41, 5.74) is 0.694. The molecule has 21 heavy (non-hydrogen) atoms. The van der Waals surface area contributed by atoms with E-state index in [4.69, 9.17) is 5.11 Å². The Balaban J connectivity index is 2.64. The number of urea groups is 1. The number of amides is 2. The van der Waals surface area contributed by atoms with Gasteiger partial charge in [-0.15, -0.1) is 0 Å². The summed E-state index contributed by atoms with van der Waals surface area (Å²) < 4.78 is 0. The molecule has 2 atom stereocenters. The highest BCUT2D eigenvalue weighted by Crippen LogP contribution is 2.21. The second-order valence-corrected chi connectivity index (χ2v) is 4.85. The normalized spacial score (nSPS) is 13.3. The third kappa shape index (κ3) is 5.78. The van der Waals surface area contributed by atoms with Crippen LogP contribution in [0.15, 0.2) is 24.3 Å². The lowest BCUT2D eigenvalue weighted by Crippen LogP contribution is -2.38. The van der Waals surface area contributed by atoms with Crippen molar-refractivity contribution in [3.8, 4) is 0 Å². The van der Waals surface area contributed by atoms with Gasteiger partial charge in [0, 0.05) is 18.7 Å². The van der Waals surface area contributed by atoms with E-state index in [-0.39, 0.29) is 17.8 Å². The molecular formula is C14H21N3O4. The predicted molar refractivity (Wildman–Crippen MR) is 79.0 cm³/mol. The Kier molecular flexibility index (Phi) is 6.61. The van der Waals surface area contributed by atoms with Gasteiger partial charge in [0.2, 0.25) is 0 Å². The summed E-state index contributed by atoms with van der Waals surface area (Å²) in [6, 6.07) is 5.58. The zero-order valence-corrected chi connectivity index (χ0v) is 12.2. The molecule has 7 heteroatoms. The number of carbonyl (C=O) groups is 1. The summed E-state index contributed by atoms with van der Waals surface area (Å²) in [7, 11) is 0.